The number of hydrogen-bond donors (Lipinski definition) is 1. The highest BCUT2D eigenvalue weighted by molar-refractivity contribution is 5.85. The molecule has 0 unspecified atom stereocenters. The van der Waals surface area contributed by atoms with Crippen molar-refractivity contribution in [2.75, 3.05) is 0 Å². The third-order valence-electron chi connectivity index (χ3n) is 2.17. The van der Waals surface area contributed by atoms with Crippen LogP contribution in [0.4, 0.5) is 0 Å². The van der Waals surface area contributed by atoms with Crippen molar-refractivity contribution in [1.82, 2.24) is 4.98 Å². The van der Waals surface area contributed by atoms with Crippen molar-refractivity contribution in [1.29, 1.82) is 0 Å². The van der Waals surface area contributed by atoms with E-state index in [9.17, 15) is 0 Å². The maximum Gasteiger partial charge on any atom is 0.0315 e. The molecule has 1 aromatic rings. The van der Waals surface area contributed by atoms with Gasteiger partial charge in [-0.3, -0.25) is 4.98 Å². The predicted molar refractivity (Wildman–Crippen MR) is 62.5 cm³/mol. The lowest BCUT2D eigenvalue weighted by Crippen LogP contribution is -2.11. The molecule has 0 aromatic carbocycles. The average Bonchev–Trinajstić information content (AvgIpc) is 2.15. The van der Waals surface area contributed by atoms with E-state index < -0.39 is 0 Å². The Morgan fingerprint density at radius 3 is 2.57 bits per heavy atom. The van der Waals surface area contributed by atoms with E-state index in [2.05, 4.69) is 18.8 Å². The molecule has 0 radical (unpaired) electrons. The maximum absolute atomic E-state index is 6.00. The van der Waals surface area contributed by atoms with Gasteiger partial charge >= 0.3 is 0 Å². The summed E-state index contributed by atoms with van der Waals surface area (Å²) in [6.45, 7) is 4.44. The van der Waals surface area contributed by atoms with Crippen molar-refractivity contribution in [3.63, 3.8) is 0 Å². The monoisotopic (exact) mass is 214 g/mol. The fourth-order valence-electron chi connectivity index (χ4n) is 1.27. The minimum Gasteiger partial charge on any atom is -0.324 e. The molecule has 0 bridgehead atoms. The summed E-state index contributed by atoms with van der Waals surface area (Å²) in [5.74, 6) is 0.725. The number of nitrogens with zero attached hydrogens (tertiary/aromatic N) is 1. The van der Waals surface area contributed by atoms with Crippen LogP contribution in [0.1, 0.15) is 38.3 Å². The Kier molecular flexibility index (Phi) is 6.50. The largest absolute Gasteiger partial charge is 0.324 e. The van der Waals surface area contributed by atoms with Crippen LogP contribution >= 0.6 is 12.4 Å². The van der Waals surface area contributed by atoms with Crippen LogP contribution in [0.15, 0.2) is 24.5 Å². The summed E-state index contributed by atoms with van der Waals surface area (Å²) in [5, 5.41) is 0. The molecule has 0 fully saturated rings. The van der Waals surface area contributed by atoms with Gasteiger partial charge in [0.25, 0.3) is 0 Å². The van der Waals surface area contributed by atoms with E-state index in [4.69, 9.17) is 5.73 Å². The van der Waals surface area contributed by atoms with Gasteiger partial charge in [-0.05, 0) is 30.4 Å². The van der Waals surface area contributed by atoms with Crippen molar-refractivity contribution in [2.45, 2.75) is 32.7 Å². The molecule has 1 atom stereocenters. The molecule has 14 heavy (non-hydrogen) atoms. The summed E-state index contributed by atoms with van der Waals surface area (Å²) in [5.41, 5.74) is 7.15. The lowest BCUT2D eigenvalue weighted by Gasteiger charge is -2.12. The SMILES string of the molecule is CC(C)CC[C@@H](N)c1cccnc1.Cl. The first-order valence-corrected chi connectivity index (χ1v) is 4.85. The quantitative estimate of drug-likeness (QED) is 0.837. The van der Waals surface area contributed by atoms with Gasteiger partial charge in [-0.15, -0.1) is 12.4 Å². The number of pyridine rings is 1. The van der Waals surface area contributed by atoms with Crippen molar-refractivity contribution in [3.8, 4) is 0 Å². The topological polar surface area (TPSA) is 38.9 Å². The van der Waals surface area contributed by atoms with E-state index in [0.29, 0.717) is 0 Å². The molecule has 0 aliphatic heterocycles. The molecule has 0 saturated heterocycles. The first kappa shape index (κ1) is 13.4. The first-order valence-electron chi connectivity index (χ1n) is 4.85. The Morgan fingerprint density at radius 2 is 2.07 bits per heavy atom. The van der Waals surface area contributed by atoms with Crippen LogP contribution in [0.5, 0.6) is 0 Å². The molecule has 0 aliphatic carbocycles. The Balaban J connectivity index is 0.00000169. The van der Waals surface area contributed by atoms with Crippen molar-refractivity contribution in [3.05, 3.63) is 30.1 Å². The fraction of sp³-hybridized carbons (Fsp3) is 0.545. The van der Waals surface area contributed by atoms with Crippen LogP contribution in [0, 0.1) is 5.92 Å². The van der Waals surface area contributed by atoms with Crippen molar-refractivity contribution in [2.24, 2.45) is 11.7 Å². The summed E-state index contributed by atoms with van der Waals surface area (Å²) in [6, 6.07) is 4.12. The zero-order valence-electron chi connectivity index (χ0n) is 8.81. The van der Waals surface area contributed by atoms with Gasteiger partial charge in [-0.25, -0.2) is 0 Å². The molecule has 2 nitrogen and oxygen atoms in total. The lowest BCUT2D eigenvalue weighted by molar-refractivity contribution is 0.506. The third kappa shape index (κ3) is 4.58. The molecule has 0 aliphatic rings. The summed E-state index contributed by atoms with van der Waals surface area (Å²) >= 11 is 0. The fourth-order valence-corrected chi connectivity index (χ4v) is 1.27. The first-order chi connectivity index (χ1) is 6.20. The maximum atomic E-state index is 6.00. The van der Waals surface area contributed by atoms with Gasteiger partial charge in [0.15, 0.2) is 0 Å². The highest BCUT2D eigenvalue weighted by atomic mass is 35.5. The zero-order valence-corrected chi connectivity index (χ0v) is 9.63. The lowest BCUT2D eigenvalue weighted by atomic mass is 10.00. The molecule has 1 aromatic heterocycles. The smallest absolute Gasteiger partial charge is 0.0315 e. The number of halogens is 1. The van der Waals surface area contributed by atoms with Crippen LogP contribution in [-0.4, -0.2) is 4.98 Å². The minimum absolute atomic E-state index is 0. The molecule has 0 amide bonds. The Labute approximate surface area is 92.3 Å². The van der Waals surface area contributed by atoms with Crippen molar-refractivity contribution >= 4 is 12.4 Å². The molecular weight excluding hydrogens is 196 g/mol. The van der Waals surface area contributed by atoms with Crippen LogP contribution < -0.4 is 5.73 Å². The van der Waals surface area contributed by atoms with E-state index >= 15 is 0 Å². The average molecular weight is 215 g/mol. The summed E-state index contributed by atoms with van der Waals surface area (Å²) in [4.78, 5) is 4.05. The second-order valence-electron chi connectivity index (χ2n) is 3.86. The van der Waals surface area contributed by atoms with Crippen LogP contribution in [0.25, 0.3) is 0 Å². The second-order valence-corrected chi connectivity index (χ2v) is 3.86. The van der Waals surface area contributed by atoms with Gasteiger partial charge in [0.2, 0.25) is 0 Å². The molecule has 2 N–H and O–H groups in total. The number of rotatable bonds is 4. The standard InChI is InChI=1S/C11H18N2.ClH/c1-9(2)5-6-11(12)10-4-3-7-13-8-10;/h3-4,7-9,11H,5-6,12H2,1-2H3;1H/t11-;/m1./s1. The van der Waals surface area contributed by atoms with Gasteiger partial charge in [0, 0.05) is 18.4 Å². The minimum atomic E-state index is 0. The Bertz CT molecular complexity index is 236. The molecule has 1 rings (SSSR count). The predicted octanol–water partition coefficient (Wildman–Crippen LogP) is 2.94. The summed E-state index contributed by atoms with van der Waals surface area (Å²) in [7, 11) is 0. The number of nitrogens with two attached hydrogens (primary N) is 1. The van der Waals surface area contributed by atoms with Crippen LogP contribution in [-0.2, 0) is 0 Å². The zero-order chi connectivity index (χ0) is 9.68. The molecule has 0 spiro atoms. The summed E-state index contributed by atoms with van der Waals surface area (Å²) in [6.07, 6.45) is 5.85. The van der Waals surface area contributed by atoms with Gasteiger partial charge < -0.3 is 5.73 Å². The van der Waals surface area contributed by atoms with E-state index in [-0.39, 0.29) is 18.4 Å². The second kappa shape index (κ2) is 6.80. The highest BCUT2D eigenvalue weighted by Crippen LogP contribution is 2.17. The number of aromatic nitrogens is 1. The summed E-state index contributed by atoms with van der Waals surface area (Å²) < 4.78 is 0. The van der Waals surface area contributed by atoms with Gasteiger partial charge in [0.1, 0.15) is 0 Å². The molecule has 0 saturated carbocycles. The van der Waals surface area contributed by atoms with E-state index in [1.807, 2.05) is 18.3 Å². The highest BCUT2D eigenvalue weighted by Gasteiger charge is 2.06. The van der Waals surface area contributed by atoms with Crippen LogP contribution in [0.3, 0.4) is 0 Å². The Hall–Kier alpha value is -0.600. The van der Waals surface area contributed by atoms with E-state index in [1.165, 1.54) is 6.42 Å². The molecular formula is C11H19ClN2. The van der Waals surface area contributed by atoms with Crippen LogP contribution in [0.2, 0.25) is 0 Å². The van der Waals surface area contributed by atoms with E-state index in [0.717, 1.165) is 17.9 Å². The van der Waals surface area contributed by atoms with Gasteiger partial charge in [-0.2, -0.15) is 0 Å². The Morgan fingerprint density at radius 1 is 1.36 bits per heavy atom. The third-order valence-corrected chi connectivity index (χ3v) is 2.17. The number of hydrogen-bond acceptors (Lipinski definition) is 2. The van der Waals surface area contributed by atoms with Crippen molar-refractivity contribution < 1.29 is 0 Å². The molecule has 80 valence electrons. The normalized spacial score (nSPS) is 12.3. The van der Waals surface area contributed by atoms with E-state index in [1.54, 1.807) is 6.20 Å². The molecule has 3 heteroatoms. The van der Waals surface area contributed by atoms with Gasteiger partial charge in [0.05, 0.1) is 0 Å². The van der Waals surface area contributed by atoms with Gasteiger partial charge in [-0.1, -0.05) is 19.9 Å². The molecule has 1 heterocycles.